The normalized spacial score (nSPS) is 14.5. The Kier molecular flexibility index (Phi) is 6.73. The molecular formula is C16H26N2O4S. The zero-order valence-corrected chi connectivity index (χ0v) is 14.9. The highest BCUT2D eigenvalue weighted by molar-refractivity contribution is 7.88. The smallest absolute Gasteiger partial charge is 0.338 e. The average Bonchev–Trinajstić information content (AvgIpc) is 2.45. The van der Waals surface area contributed by atoms with Gasteiger partial charge >= 0.3 is 5.97 Å². The number of carbonyl (C=O) groups is 1. The molecule has 0 bridgehead atoms. The molecule has 0 aliphatic rings. The molecule has 6 nitrogen and oxygen atoms in total. The Morgan fingerprint density at radius 2 is 1.96 bits per heavy atom. The molecule has 0 radical (unpaired) electrons. The first-order valence-corrected chi connectivity index (χ1v) is 9.15. The van der Waals surface area contributed by atoms with Crippen LogP contribution in [0.3, 0.4) is 0 Å². The minimum Gasteiger partial charge on any atom is -0.465 e. The van der Waals surface area contributed by atoms with Gasteiger partial charge in [-0.25, -0.2) is 17.9 Å². The summed E-state index contributed by atoms with van der Waals surface area (Å²) in [6.07, 6.45) is 0.626. The molecule has 0 amide bonds. The van der Waals surface area contributed by atoms with Crippen molar-refractivity contribution in [3.63, 3.8) is 0 Å². The number of rotatable bonds is 8. The maximum Gasteiger partial charge on any atom is 0.338 e. The van der Waals surface area contributed by atoms with E-state index in [0.717, 1.165) is 0 Å². The molecule has 3 N–H and O–H groups in total. The lowest BCUT2D eigenvalue weighted by Gasteiger charge is -2.30. The number of methoxy groups -OCH3 is 1. The summed E-state index contributed by atoms with van der Waals surface area (Å²) in [7, 11) is -2.39. The molecule has 0 spiro atoms. The maximum atomic E-state index is 12.5. The third-order valence-electron chi connectivity index (χ3n) is 3.48. The number of carbonyl (C=O) groups excluding carboxylic acids is 1. The van der Waals surface area contributed by atoms with Crippen molar-refractivity contribution in [1.82, 2.24) is 4.72 Å². The van der Waals surface area contributed by atoms with E-state index in [2.05, 4.69) is 4.72 Å². The molecular weight excluding hydrogens is 316 g/mol. The Morgan fingerprint density at radius 1 is 1.35 bits per heavy atom. The van der Waals surface area contributed by atoms with Crippen LogP contribution in [0.25, 0.3) is 0 Å². The van der Waals surface area contributed by atoms with Crippen LogP contribution in [0.1, 0.15) is 43.1 Å². The topological polar surface area (TPSA) is 98.5 Å². The van der Waals surface area contributed by atoms with Crippen LogP contribution in [0.2, 0.25) is 0 Å². The highest BCUT2D eigenvalue weighted by atomic mass is 32.2. The van der Waals surface area contributed by atoms with Crippen LogP contribution in [-0.4, -0.2) is 33.6 Å². The van der Waals surface area contributed by atoms with Gasteiger partial charge in [-0.05, 0) is 30.9 Å². The van der Waals surface area contributed by atoms with Crippen molar-refractivity contribution in [2.24, 2.45) is 11.7 Å². The van der Waals surface area contributed by atoms with Crippen LogP contribution in [0.15, 0.2) is 24.3 Å². The molecule has 1 unspecified atom stereocenters. The zero-order chi connectivity index (χ0) is 17.7. The van der Waals surface area contributed by atoms with E-state index < -0.39 is 21.5 Å². The number of nitrogens with one attached hydrogen (secondary N) is 1. The molecule has 0 aliphatic heterocycles. The molecule has 0 saturated carbocycles. The van der Waals surface area contributed by atoms with Crippen molar-refractivity contribution in [3.05, 3.63) is 35.4 Å². The summed E-state index contributed by atoms with van der Waals surface area (Å²) in [5.41, 5.74) is 5.69. The maximum absolute atomic E-state index is 12.5. The van der Waals surface area contributed by atoms with Crippen molar-refractivity contribution in [2.45, 2.75) is 38.5 Å². The van der Waals surface area contributed by atoms with Crippen LogP contribution in [0.4, 0.5) is 0 Å². The average molecular weight is 342 g/mol. The zero-order valence-electron chi connectivity index (χ0n) is 14.1. The largest absolute Gasteiger partial charge is 0.465 e. The number of benzene rings is 1. The molecule has 0 heterocycles. The second-order valence-electron chi connectivity index (χ2n) is 6.37. The molecule has 1 atom stereocenters. The summed E-state index contributed by atoms with van der Waals surface area (Å²) in [5, 5.41) is 0. The summed E-state index contributed by atoms with van der Waals surface area (Å²) in [6, 6.07) is 6.51. The summed E-state index contributed by atoms with van der Waals surface area (Å²) in [5.74, 6) is -0.556. The van der Waals surface area contributed by atoms with Crippen molar-refractivity contribution in [1.29, 1.82) is 0 Å². The van der Waals surface area contributed by atoms with E-state index in [1.165, 1.54) is 7.11 Å². The first kappa shape index (κ1) is 19.6. The second kappa shape index (κ2) is 7.90. The number of sulfonamides is 1. The molecule has 0 fully saturated rings. The van der Waals surface area contributed by atoms with Crippen molar-refractivity contribution in [2.75, 3.05) is 13.7 Å². The minimum absolute atomic E-state index is 0.197. The van der Waals surface area contributed by atoms with Gasteiger partial charge in [0.2, 0.25) is 10.0 Å². The standard InChI is InChI=1S/C16H26N2O4S/c1-12(2)9-16(3,11-17)18-23(20,21)10-13-7-5-6-8-14(13)15(19)22-4/h5-8,12,18H,9-11,17H2,1-4H3. The Hall–Kier alpha value is -1.44. The van der Waals surface area contributed by atoms with Gasteiger partial charge < -0.3 is 10.5 Å². The summed E-state index contributed by atoms with van der Waals surface area (Å²) in [6.45, 7) is 6.00. The number of hydrogen-bond donors (Lipinski definition) is 2. The van der Waals surface area contributed by atoms with Gasteiger partial charge in [-0.15, -0.1) is 0 Å². The number of nitrogens with two attached hydrogens (primary N) is 1. The van der Waals surface area contributed by atoms with Gasteiger partial charge in [0.1, 0.15) is 0 Å². The molecule has 0 aliphatic carbocycles. The van der Waals surface area contributed by atoms with E-state index in [-0.39, 0.29) is 17.9 Å². The molecule has 23 heavy (non-hydrogen) atoms. The van der Waals surface area contributed by atoms with Crippen molar-refractivity contribution < 1.29 is 17.9 Å². The lowest BCUT2D eigenvalue weighted by atomic mass is 9.92. The van der Waals surface area contributed by atoms with Gasteiger partial charge in [0.25, 0.3) is 0 Å². The first-order valence-electron chi connectivity index (χ1n) is 7.50. The fourth-order valence-corrected chi connectivity index (χ4v) is 4.29. The lowest BCUT2D eigenvalue weighted by molar-refractivity contribution is 0.0600. The third-order valence-corrected chi connectivity index (χ3v) is 4.97. The van der Waals surface area contributed by atoms with Crippen molar-refractivity contribution >= 4 is 16.0 Å². The van der Waals surface area contributed by atoms with Gasteiger partial charge in [-0.2, -0.15) is 0 Å². The highest BCUT2D eigenvalue weighted by Crippen LogP contribution is 2.19. The predicted molar refractivity (Wildman–Crippen MR) is 90.5 cm³/mol. The SMILES string of the molecule is COC(=O)c1ccccc1CS(=O)(=O)NC(C)(CN)CC(C)C. The third kappa shape index (κ3) is 5.93. The van der Waals surface area contributed by atoms with E-state index in [0.29, 0.717) is 17.9 Å². The van der Waals surface area contributed by atoms with Crippen LogP contribution in [0, 0.1) is 5.92 Å². The Morgan fingerprint density at radius 3 is 2.48 bits per heavy atom. The fraction of sp³-hybridized carbons (Fsp3) is 0.562. The monoisotopic (exact) mass is 342 g/mol. The van der Waals surface area contributed by atoms with E-state index in [1.54, 1.807) is 31.2 Å². The van der Waals surface area contributed by atoms with Gasteiger partial charge in [-0.1, -0.05) is 32.0 Å². The van der Waals surface area contributed by atoms with Gasteiger partial charge in [0, 0.05) is 12.1 Å². The first-order chi connectivity index (χ1) is 10.6. The quantitative estimate of drug-likeness (QED) is 0.700. The van der Waals surface area contributed by atoms with Crippen LogP contribution in [0.5, 0.6) is 0 Å². The molecule has 7 heteroatoms. The summed E-state index contributed by atoms with van der Waals surface area (Å²) in [4.78, 5) is 11.7. The molecule has 0 saturated heterocycles. The number of ether oxygens (including phenoxy) is 1. The van der Waals surface area contributed by atoms with Gasteiger partial charge in [0.15, 0.2) is 0 Å². The van der Waals surface area contributed by atoms with Crippen LogP contribution >= 0.6 is 0 Å². The molecule has 130 valence electrons. The van der Waals surface area contributed by atoms with Crippen LogP contribution in [-0.2, 0) is 20.5 Å². The molecule has 1 rings (SSSR count). The van der Waals surface area contributed by atoms with Crippen LogP contribution < -0.4 is 10.5 Å². The minimum atomic E-state index is -3.65. The Balaban J connectivity index is 3.02. The highest BCUT2D eigenvalue weighted by Gasteiger charge is 2.30. The number of esters is 1. The summed E-state index contributed by atoms with van der Waals surface area (Å²) < 4.78 is 32.4. The lowest BCUT2D eigenvalue weighted by Crippen LogP contribution is -2.52. The predicted octanol–water partition coefficient (Wildman–Crippen LogP) is 1.66. The van der Waals surface area contributed by atoms with Gasteiger partial charge in [0.05, 0.1) is 18.4 Å². The van der Waals surface area contributed by atoms with Crippen molar-refractivity contribution in [3.8, 4) is 0 Å². The Bertz CT molecular complexity index is 643. The van der Waals surface area contributed by atoms with E-state index in [9.17, 15) is 13.2 Å². The fourth-order valence-electron chi connectivity index (χ4n) is 2.64. The molecule has 1 aromatic carbocycles. The summed E-state index contributed by atoms with van der Waals surface area (Å²) >= 11 is 0. The number of hydrogen-bond acceptors (Lipinski definition) is 5. The van der Waals surface area contributed by atoms with E-state index in [1.807, 2.05) is 13.8 Å². The van der Waals surface area contributed by atoms with E-state index in [4.69, 9.17) is 10.5 Å². The molecule has 0 aromatic heterocycles. The Labute approximate surface area is 138 Å². The second-order valence-corrected chi connectivity index (χ2v) is 8.09. The molecule has 1 aromatic rings. The van der Waals surface area contributed by atoms with Gasteiger partial charge in [-0.3, -0.25) is 0 Å². The van der Waals surface area contributed by atoms with E-state index >= 15 is 0 Å².